The van der Waals surface area contributed by atoms with Crippen LogP contribution in [0.1, 0.15) is 0 Å². The summed E-state index contributed by atoms with van der Waals surface area (Å²) < 4.78 is 1.50. The highest BCUT2D eigenvalue weighted by molar-refractivity contribution is 5.82. The Bertz CT molecular complexity index is 916. The molecule has 0 fully saturated rings. The van der Waals surface area contributed by atoms with E-state index in [0.29, 0.717) is 22.7 Å². The lowest BCUT2D eigenvalue weighted by molar-refractivity contribution is 0.476. The molecule has 1 aromatic carbocycles. The van der Waals surface area contributed by atoms with Crippen molar-refractivity contribution in [2.24, 2.45) is 7.05 Å². The fourth-order valence-corrected chi connectivity index (χ4v) is 2.39. The number of aromatic nitrogens is 3. The monoisotopic (exact) mass is 296 g/mol. The van der Waals surface area contributed by atoms with Gasteiger partial charge in [0.25, 0.3) is 5.56 Å². The van der Waals surface area contributed by atoms with E-state index in [1.807, 2.05) is 20.2 Å². The average Bonchev–Trinajstić information content (AvgIpc) is 2.49. The van der Waals surface area contributed by atoms with E-state index in [9.17, 15) is 9.90 Å². The summed E-state index contributed by atoms with van der Waals surface area (Å²) in [5.41, 5.74) is 1.58. The van der Waals surface area contributed by atoms with Gasteiger partial charge in [0.1, 0.15) is 5.75 Å². The summed E-state index contributed by atoms with van der Waals surface area (Å²) in [5, 5.41) is 10.3. The van der Waals surface area contributed by atoms with Crippen molar-refractivity contribution in [2.45, 2.75) is 0 Å². The Labute approximate surface area is 127 Å². The molecule has 0 bridgehead atoms. The van der Waals surface area contributed by atoms with Gasteiger partial charge in [0.15, 0.2) is 0 Å². The topological polar surface area (TPSA) is 71.2 Å². The molecule has 0 amide bonds. The highest BCUT2D eigenvalue weighted by Gasteiger charge is 2.12. The predicted molar refractivity (Wildman–Crippen MR) is 86.2 cm³/mol. The summed E-state index contributed by atoms with van der Waals surface area (Å²) >= 11 is 0. The van der Waals surface area contributed by atoms with Crippen LogP contribution in [0.25, 0.3) is 22.2 Å². The minimum Gasteiger partial charge on any atom is -0.508 e. The zero-order valence-electron chi connectivity index (χ0n) is 12.6. The first-order valence-corrected chi connectivity index (χ1v) is 6.81. The molecule has 2 aromatic heterocycles. The molecule has 112 valence electrons. The first kappa shape index (κ1) is 14.1. The standard InChI is InChI=1S/C16H16N4O2/c1-19(2)16-17-9-12(15(22)20(16)3)14-6-4-10-8-11(21)5-7-13(10)18-14/h4-9,21H,1-3H3. The molecular formula is C16H16N4O2. The highest BCUT2D eigenvalue weighted by Crippen LogP contribution is 2.22. The van der Waals surface area contributed by atoms with Crippen LogP contribution in [-0.4, -0.2) is 33.7 Å². The van der Waals surface area contributed by atoms with Gasteiger partial charge in [0.05, 0.1) is 16.8 Å². The maximum absolute atomic E-state index is 12.5. The minimum absolute atomic E-state index is 0.149. The van der Waals surface area contributed by atoms with Crippen molar-refractivity contribution in [1.82, 2.24) is 14.5 Å². The van der Waals surface area contributed by atoms with Crippen LogP contribution in [0.15, 0.2) is 41.3 Å². The first-order chi connectivity index (χ1) is 10.5. The number of phenolic OH excluding ortho intramolecular Hbond substituents is 1. The summed E-state index contributed by atoms with van der Waals surface area (Å²) in [4.78, 5) is 23.1. The maximum atomic E-state index is 12.5. The quantitative estimate of drug-likeness (QED) is 0.780. The number of nitrogens with zero attached hydrogens (tertiary/aromatic N) is 4. The molecule has 2 heterocycles. The maximum Gasteiger partial charge on any atom is 0.264 e. The lowest BCUT2D eigenvalue weighted by Gasteiger charge is -2.15. The van der Waals surface area contributed by atoms with Crippen LogP contribution in [0.4, 0.5) is 5.95 Å². The molecule has 3 rings (SSSR count). The number of hydrogen-bond acceptors (Lipinski definition) is 5. The summed E-state index contributed by atoms with van der Waals surface area (Å²) in [6.45, 7) is 0. The summed E-state index contributed by atoms with van der Waals surface area (Å²) in [6, 6.07) is 8.52. The van der Waals surface area contributed by atoms with Gasteiger partial charge in [-0.2, -0.15) is 0 Å². The third kappa shape index (κ3) is 2.28. The second-order valence-electron chi connectivity index (χ2n) is 5.30. The second kappa shape index (κ2) is 5.14. The molecule has 0 unspecified atom stereocenters. The third-order valence-electron chi connectivity index (χ3n) is 3.49. The Balaban J connectivity index is 2.17. The van der Waals surface area contributed by atoms with E-state index in [2.05, 4.69) is 9.97 Å². The van der Waals surface area contributed by atoms with Gasteiger partial charge in [-0.05, 0) is 24.3 Å². The van der Waals surface area contributed by atoms with Crippen molar-refractivity contribution in [1.29, 1.82) is 0 Å². The van der Waals surface area contributed by atoms with Crippen molar-refractivity contribution < 1.29 is 5.11 Å². The number of benzene rings is 1. The van der Waals surface area contributed by atoms with E-state index >= 15 is 0 Å². The number of fused-ring (bicyclic) bond motifs is 1. The molecule has 6 nitrogen and oxygen atoms in total. The summed E-state index contributed by atoms with van der Waals surface area (Å²) in [5.74, 6) is 0.773. The summed E-state index contributed by atoms with van der Waals surface area (Å²) in [6.07, 6.45) is 1.55. The second-order valence-corrected chi connectivity index (χ2v) is 5.30. The van der Waals surface area contributed by atoms with Crippen LogP contribution >= 0.6 is 0 Å². The molecular weight excluding hydrogens is 280 g/mol. The molecule has 0 spiro atoms. The van der Waals surface area contributed by atoms with E-state index in [0.717, 1.165) is 5.39 Å². The Kier molecular flexibility index (Phi) is 3.29. The molecule has 1 N–H and O–H groups in total. The van der Waals surface area contributed by atoms with Crippen LogP contribution in [0.2, 0.25) is 0 Å². The number of pyridine rings is 1. The number of hydrogen-bond donors (Lipinski definition) is 1. The molecule has 0 saturated carbocycles. The van der Waals surface area contributed by atoms with Gasteiger partial charge in [0, 0.05) is 32.7 Å². The number of aromatic hydroxyl groups is 1. The largest absolute Gasteiger partial charge is 0.508 e. The van der Waals surface area contributed by atoms with Crippen molar-refractivity contribution in [3.8, 4) is 17.0 Å². The minimum atomic E-state index is -0.149. The fourth-order valence-electron chi connectivity index (χ4n) is 2.39. The van der Waals surface area contributed by atoms with Crippen molar-refractivity contribution in [2.75, 3.05) is 19.0 Å². The molecule has 22 heavy (non-hydrogen) atoms. The third-order valence-corrected chi connectivity index (χ3v) is 3.49. The predicted octanol–water partition coefficient (Wildman–Crippen LogP) is 1.77. The number of phenols is 1. The molecule has 0 aliphatic carbocycles. The van der Waals surface area contributed by atoms with Crippen molar-refractivity contribution >= 4 is 16.9 Å². The van der Waals surface area contributed by atoms with Gasteiger partial charge in [-0.25, -0.2) is 9.97 Å². The molecule has 0 atom stereocenters. The normalized spacial score (nSPS) is 10.9. The first-order valence-electron chi connectivity index (χ1n) is 6.81. The van der Waals surface area contributed by atoms with Crippen LogP contribution in [-0.2, 0) is 7.05 Å². The smallest absolute Gasteiger partial charge is 0.264 e. The SMILES string of the molecule is CN(C)c1ncc(-c2ccc3cc(O)ccc3n2)c(=O)n1C. The molecule has 0 radical (unpaired) electrons. The molecule has 0 saturated heterocycles. The van der Waals surface area contributed by atoms with Crippen LogP contribution < -0.4 is 10.5 Å². The van der Waals surface area contributed by atoms with E-state index in [4.69, 9.17) is 0 Å². The molecule has 3 aromatic rings. The van der Waals surface area contributed by atoms with Crippen molar-refractivity contribution in [3.05, 3.63) is 46.9 Å². The Hall–Kier alpha value is -2.89. The number of rotatable bonds is 2. The lowest BCUT2D eigenvalue weighted by Crippen LogP contribution is -2.27. The Morgan fingerprint density at radius 2 is 1.95 bits per heavy atom. The van der Waals surface area contributed by atoms with Gasteiger partial charge in [-0.15, -0.1) is 0 Å². The summed E-state index contributed by atoms with van der Waals surface area (Å²) in [7, 11) is 5.36. The van der Waals surface area contributed by atoms with Crippen molar-refractivity contribution in [3.63, 3.8) is 0 Å². The molecule has 0 aliphatic heterocycles. The number of anilines is 1. The van der Waals surface area contributed by atoms with Gasteiger partial charge in [0.2, 0.25) is 5.95 Å². The highest BCUT2D eigenvalue weighted by atomic mass is 16.3. The lowest BCUT2D eigenvalue weighted by atomic mass is 10.1. The molecule has 0 aliphatic rings. The zero-order valence-corrected chi connectivity index (χ0v) is 12.6. The zero-order chi connectivity index (χ0) is 15.9. The van der Waals surface area contributed by atoms with Crippen LogP contribution in [0.3, 0.4) is 0 Å². The van der Waals surface area contributed by atoms with E-state index < -0.39 is 0 Å². The Morgan fingerprint density at radius 3 is 2.68 bits per heavy atom. The van der Waals surface area contributed by atoms with Gasteiger partial charge >= 0.3 is 0 Å². The van der Waals surface area contributed by atoms with Crippen LogP contribution in [0.5, 0.6) is 5.75 Å². The fraction of sp³-hybridized carbons (Fsp3) is 0.188. The van der Waals surface area contributed by atoms with Crippen LogP contribution in [0, 0.1) is 0 Å². The van der Waals surface area contributed by atoms with E-state index in [1.165, 1.54) is 4.57 Å². The van der Waals surface area contributed by atoms with Gasteiger partial charge in [-0.3, -0.25) is 9.36 Å². The Morgan fingerprint density at radius 1 is 1.18 bits per heavy atom. The van der Waals surface area contributed by atoms with Gasteiger partial charge in [-0.1, -0.05) is 6.07 Å². The molecule has 6 heteroatoms. The van der Waals surface area contributed by atoms with E-state index in [-0.39, 0.29) is 11.3 Å². The average molecular weight is 296 g/mol. The van der Waals surface area contributed by atoms with E-state index in [1.54, 1.807) is 42.4 Å². The van der Waals surface area contributed by atoms with Gasteiger partial charge < -0.3 is 10.0 Å².